The number of carbonyl (C=O) groups is 1. The number of Topliss-reactive ketones (excluding diaryl/α,β-unsaturated/α-hetero) is 1. The Morgan fingerprint density at radius 3 is 2.36 bits per heavy atom. The number of hydrogen-bond donors (Lipinski definition) is 1. The minimum atomic E-state index is -1.49. The third-order valence-electron chi connectivity index (χ3n) is 5.15. The summed E-state index contributed by atoms with van der Waals surface area (Å²) in [5.74, 6) is -3.97. The zero-order valence-electron chi connectivity index (χ0n) is 15.6. The molecule has 0 aliphatic heterocycles. The fourth-order valence-corrected chi connectivity index (χ4v) is 3.99. The first kappa shape index (κ1) is 18.5. The Morgan fingerprint density at radius 2 is 1.71 bits per heavy atom. The Kier molecular flexibility index (Phi) is 4.37. The van der Waals surface area contributed by atoms with Crippen LogP contribution in [-0.2, 0) is 12.8 Å². The molecule has 1 aliphatic rings. The van der Waals surface area contributed by atoms with Crippen molar-refractivity contribution in [1.82, 2.24) is 9.97 Å². The van der Waals surface area contributed by atoms with Crippen molar-refractivity contribution < 1.29 is 18.0 Å². The van der Waals surface area contributed by atoms with Gasteiger partial charge in [-0.15, -0.1) is 0 Å². The van der Waals surface area contributed by atoms with Crippen molar-refractivity contribution in [3.8, 4) is 11.3 Å². The standard InChI is InChI=1S/C22H19F3N2O/c1-22(2)10-17-19(18(28)11-22)14(21(27-17)13-3-5-26-6-4-13)7-12-8-15(23)20(25)16(24)9-12/h3-6,8-9,27H,7,10-11H2,1-2H3. The number of ketones is 1. The third kappa shape index (κ3) is 3.23. The maximum absolute atomic E-state index is 13.7. The number of aromatic nitrogens is 2. The minimum absolute atomic E-state index is 0.000798. The Labute approximate surface area is 160 Å². The predicted octanol–water partition coefficient (Wildman–Crippen LogP) is 5.24. The van der Waals surface area contributed by atoms with Crippen LogP contribution in [0.2, 0.25) is 0 Å². The highest BCUT2D eigenvalue weighted by atomic mass is 19.2. The summed E-state index contributed by atoms with van der Waals surface area (Å²) in [5, 5.41) is 0. The normalized spacial score (nSPS) is 15.5. The Balaban J connectivity index is 1.88. The topological polar surface area (TPSA) is 45.8 Å². The fourth-order valence-electron chi connectivity index (χ4n) is 3.99. The molecule has 28 heavy (non-hydrogen) atoms. The summed E-state index contributed by atoms with van der Waals surface area (Å²) in [6.45, 7) is 4.07. The molecule has 2 heterocycles. The molecule has 6 heteroatoms. The van der Waals surface area contributed by atoms with Crippen molar-refractivity contribution in [3.63, 3.8) is 0 Å². The smallest absolute Gasteiger partial charge is 0.194 e. The van der Waals surface area contributed by atoms with Crippen molar-refractivity contribution in [1.29, 1.82) is 0 Å². The summed E-state index contributed by atoms with van der Waals surface area (Å²) in [6.07, 6.45) is 4.48. The molecule has 0 radical (unpaired) electrons. The van der Waals surface area contributed by atoms with Crippen LogP contribution in [-0.4, -0.2) is 15.8 Å². The Bertz CT molecular complexity index is 1050. The van der Waals surface area contributed by atoms with Gasteiger partial charge in [0.2, 0.25) is 0 Å². The van der Waals surface area contributed by atoms with Gasteiger partial charge in [-0.3, -0.25) is 9.78 Å². The number of nitrogens with one attached hydrogen (secondary N) is 1. The molecule has 0 atom stereocenters. The number of aromatic amines is 1. The molecule has 0 unspecified atom stereocenters. The van der Waals surface area contributed by atoms with Gasteiger partial charge in [0.05, 0.1) is 5.69 Å². The van der Waals surface area contributed by atoms with Crippen LogP contribution in [0.25, 0.3) is 11.3 Å². The number of carbonyl (C=O) groups excluding carboxylic acids is 1. The van der Waals surface area contributed by atoms with Crippen LogP contribution in [0.5, 0.6) is 0 Å². The largest absolute Gasteiger partial charge is 0.358 e. The summed E-state index contributed by atoms with van der Waals surface area (Å²) in [5.41, 5.74) is 3.73. The molecule has 144 valence electrons. The van der Waals surface area contributed by atoms with Gasteiger partial charge in [-0.05, 0) is 47.2 Å². The van der Waals surface area contributed by atoms with Crippen LogP contribution in [0, 0.1) is 22.9 Å². The van der Waals surface area contributed by atoms with E-state index in [2.05, 4.69) is 9.97 Å². The predicted molar refractivity (Wildman–Crippen MR) is 99.6 cm³/mol. The lowest BCUT2D eigenvalue weighted by Crippen LogP contribution is -2.27. The molecule has 2 aromatic heterocycles. The lowest BCUT2D eigenvalue weighted by Gasteiger charge is -2.28. The molecule has 0 spiro atoms. The van der Waals surface area contributed by atoms with Gasteiger partial charge in [-0.2, -0.15) is 0 Å². The fraction of sp³-hybridized carbons (Fsp3) is 0.273. The zero-order chi connectivity index (χ0) is 20.1. The number of benzene rings is 1. The van der Waals surface area contributed by atoms with E-state index in [0.29, 0.717) is 24.0 Å². The van der Waals surface area contributed by atoms with Gasteiger partial charge in [0.15, 0.2) is 23.2 Å². The van der Waals surface area contributed by atoms with Crippen LogP contribution < -0.4 is 0 Å². The van der Waals surface area contributed by atoms with Gasteiger partial charge in [-0.1, -0.05) is 13.8 Å². The highest BCUT2D eigenvalue weighted by molar-refractivity contribution is 6.02. The van der Waals surface area contributed by atoms with Gasteiger partial charge in [0, 0.05) is 42.1 Å². The number of nitrogens with zero attached hydrogens (tertiary/aromatic N) is 1. The van der Waals surface area contributed by atoms with E-state index in [9.17, 15) is 18.0 Å². The van der Waals surface area contributed by atoms with Crippen molar-refractivity contribution in [3.05, 3.63) is 76.5 Å². The van der Waals surface area contributed by atoms with Gasteiger partial charge >= 0.3 is 0 Å². The summed E-state index contributed by atoms with van der Waals surface area (Å²) >= 11 is 0. The minimum Gasteiger partial charge on any atom is -0.358 e. The molecule has 0 saturated heterocycles. The van der Waals surface area contributed by atoms with Crippen LogP contribution >= 0.6 is 0 Å². The second-order valence-electron chi connectivity index (χ2n) is 8.06. The number of pyridine rings is 1. The summed E-state index contributed by atoms with van der Waals surface area (Å²) in [6, 6.07) is 5.57. The number of H-pyrrole nitrogens is 1. The Morgan fingerprint density at radius 1 is 1.07 bits per heavy atom. The first-order chi connectivity index (χ1) is 13.2. The van der Waals surface area contributed by atoms with Crippen LogP contribution in [0.15, 0.2) is 36.7 Å². The Hall–Kier alpha value is -2.89. The van der Waals surface area contributed by atoms with E-state index >= 15 is 0 Å². The van der Waals surface area contributed by atoms with Crippen molar-refractivity contribution in [2.24, 2.45) is 5.41 Å². The van der Waals surface area contributed by atoms with E-state index in [1.54, 1.807) is 12.4 Å². The van der Waals surface area contributed by atoms with Crippen LogP contribution in [0.1, 0.15) is 47.4 Å². The molecule has 1 aliphatic carbocycles. The lowest BCUT2D eigenvalue weighted by atomic mass is 9.75. The summed E-state index contributed by atoms with van der Waals surface area (Å²) in [4.78, 5) is 20.3. The van der Waals surface area contributed by atoms with E-state index in [1.807, 2.05) is 26.0 Å². The molecular weight excluding hydrogens is 365 g/mol. The molecule has 3 nitrogen and oxygen atoms in total. The maximum Gasteiger partial charge on any atom is 0.194 e. The molecule has 1 aromatic carbocycles. The monoisotopic (exact) mass is 384 g/mol. The average molecular weight is 384 g/mol. The summed E-state index contributed by atoms with van der Waals surface area (Å²) < 4.78 is 40.8. The highest BCUT2D eigenvalue weighted by Crippen LogP contribution is 2.40. The van der Waals surface area contributed by atoms with Crippen molar-refractivity contribution in [2.75, 3.05) is 0 Å². The average Bonchev–Trinajstić information content (AvgIpc) is 2.97. The van der Waals surface area contributed by atoms with Crippen LogP contribution in [0.3, 0.4) is 0 Å². The molecule has 0 fully saturated rings. The second kappa shape index (κ2) is 6.62. The maximum atomic E-state index is 13.7. The van der Waals surface area contributed by atoms with Gasteiger partial charge in [0.25, 0.3) is 0 Å². The number of rotatable bonds is 3. The number of fused-ring (bicyclic) bond motifs is 1. The zero-order valence-corrected chi connectivity index (χ0v) is 15.6. The van der Waals surface area contributed by atoms with E-state index in [0.717, 1.165) is 29.1 Å². The molecule has 1 N–H and O–H groups in total. The first-order valence-electron chi connectivity index (χ1n) is 9.06. The molecule has 0 bridgehead atoms. The van der Waals surface area contributed by atoms with Gasteiger partial charge < -0.3 is 4.98 Å². The second-order valence-corrected chi connectivity index (χ2v) is 8.06. The van der Waals surface area contributed by atoms with E-state index in [4.69, 9.17) is 0 Å². The van der Waals surface area contributed by atoms with Gasteiger partial charge in [0.1, 0.15) is 0 Å². The van der Waals surface area contributed by atoms with Crippen molar-refractivity contribution >= 4 is 5.78 Å². The van der Waals surface area contributed by atoms with E-state index < -0.39 is 17.5 Å². The van der Waals surface area contributed by atoms with E-state index in [-0.39, 0.29) is 23.2 Å². The van der Waals surface area contributed by atoms with E-state index in [1.165, 1.54) is 0 Å². The quantitative estimate of drug-likeness (QED) is 0.628. The third-order valence-corrected chi connectivity index (χ3v) is 5.15. The number of halogens is 3. The molecule has 3 aromatic rings. The molecule has 0 saturated carbocycles. The number of hydrogen-bond acceptors (Lipinski definition) is 2. The van der Waals surface area contributed by atoms with Crippen molar-refractivity contribution in [2.45, 2.75) is 33.1 Å². The molecule has 4 rings (SSSR count). The van der Waals surface area contributed by atoms with Gasteiger partial charge in [-0.25, -0.2) is 13.2 Å². The summed E-state index contributed by atoms with van der Waals surface area (Å²) in [7, 11) is 0. The molecule has 0 amide bonds. The SMILES string of the molecule is CC1(C)CC(=O)c2c([nH]c(-c3ccncc3)c2Cc2cc(F)c(F)c(F)c2)C1. The molecular formula is C22H19F3N2O. The highest BCUT2D eigenvalue weighted by Gasteiger charge is 2.35. The first-order valence-corrected chi connectivity index (χ1v) is 9.06. The lowest BCUT2D eigenvalue weighted by molar-refractivity contribution is 0.0911. The van der Waals surface area contributed by atoms with Crippen LogP contribution in [0.4, 0.5) is 13.2 Å².